The molecule has 0 spiro atoms. The summed E-state index contributed by atoms with van der Waals surface area (Å²) in [7, 11) is 1.61. The lowest BCUT2D eigenvalue weighted by atomic mass is 10.0. The predicted octanol–water partition coefficient (Wildman–Crippen LogP) is 1.48. The van der Waals surface area contributed by atoms with E-state index in [1.54, 1.807) is 12.0 Å². The number of carbonyl (C=O) groups is 1. The van der Waals surface area contributed by atoms with Gasteiger partial charge in [-0.05, 0) is 68.5 Å². The highest BCUT2D eigenvalue weighted by Gasteiger charge is 2.37. The molecule has 148 valence electrons. The van der Waals surface area contributed by atoms with Gasteiger partial charge in [0.2, 0.25) is 0 Å². The third-order valence-electron chi connectivity index (χ3n) is 6.01. The van der Waals surface area contributed by atoms with Gasteiger partial charge in [-0.25, -0.2) is 0 Å². The number of ether oxygens (including phenoxy) is 2. The van der Waals surface area contributed by atoms with Crippen molar-refractivity contribution in [2.75, 3.05) is 53.0 Å². The van der Waals surface area contributed by atoms with Gasteiger partial charge in [0.15, 0.2) is 0 Å². The minimum atomic E-state index is -1.03. The molecule has 3 aliphatic rings. The van der Waals surface area contributed by atoms with Crippen LogP contribution in [-0.2, 0) is 17.6 Å². The van der Waals surface area contributed by atoms with Crippen LogP contribution in [0, 0.1) is 0 Å². The van der Waals surface area contributed by atoms with E-state index < -0.39 is 5.60 Å². The molecule has 0 bridgehead atoms. The Morgan fingerprint density at radius 1 is 1.19 bits per heavy atom. The summed E-state index contributed by atoms with van der Waals surface area (Å²) in [5, 5.41) is 11.2. The number of hydrogen-bond donors (Lipinski definition) is 1. The Morgan fingerprint density at radius 3 is 2.67 bits per heavy atom. The van der Waals surface area contributed by atoms with E-state index in [2.05, 4.69) is 4.90 Å². The average molecular weight is 374 g/mol. The number of nitrogens with zero attached hydrogens (tertiary/aromatic N) is 2. The van der Waals surface area contributed by atoms with Crippen molar-refractivity contribution in [1.82, 2.24) is 9.80 Å². The highest BCUT2D eigenvalue weighted by molar-refractivity contribution is 5.97. The molecule has 0 radical (unpaired) electrons. The minimum absolute atomic E-state index is 0.0769. The molecule has 2 aliphatic heterocycles. The molecule has 1 aromatic rings. The van der Waals surface area contributed by atoms with Crippen LogP contribution < -0.4 is 4.74 Å². The van der Waals surface area contributed by atoms with Crippen LogP contribution in [0.15, 0.2) is 12.1 Å². The van der Waals surface area contributed by atoms with E-state index in [1.807, 2.05) is 12.1 Å². The summed E-state index contributed by atoms with van der Waals surface area (Å²) in [6.07, 6.45) is 5.54. The lowest BCUT2D eigenvalue weighted by molar-refractivity contribution is -0.0524. The summed E-state index contributed by atoms with van der Waals surface area (Å²) >= 11 is 0. The quantitative estimate of drug-likeness (QED) is 0.865. The third-order valence-corrected chi connectivity index (χ3v) is 6.01. The molecule has 1 unspecified atom stereocenters. The number of methoxy groups -OCH3 is 1. The standard InChI is InChI=1S/C21H30N2O4/c1-26-19-12-17-6-4-5-16(17)11-18(19)20(24)23-9-10-27-15-21(25,14-23)13-22-7-2-3-8-22/h11-12,25H,2-10,13-15H2,1H3. The normalized spacial score (nSPS) is 26.1. The molecular weight excluding hydrogens is 344 g/mol. The summed E-state index contributed by atoms with van der Waals surface area (Å²) < 4.78 is 11.2. The largest absolute Gasteiger partial charge is 0.496 e. The summed E-state index contributed by atoms with van der Waals surface area (Å²) in [5.74, 6) is 0.556. The molecule has 1 aromatic carbocycles. The van der Waals surface area contributed by atoms with Crippen molar-refractivity contribution in [1.29, 1.82) is 0 Å². The molecular formula is C21H30N2O4. The molecule has 2 heterocycles. The van der Waals surface area contributed by atoms with Crippen LogP contribution in [0.5, 0.6) is 5.75 Å². The van der Waals surface area contributed by atoms with Gasteiger partial charge in [0.1, 0.15) is 11.4 Å². The second-order valence-electron chi connectivity index (χ2n) is 8.16. The number of rotatable bonds is 4. The first kappa shape index (κ1) is 18.7. The maximum absolute atomic E-state index is 13.3. The van der Waals surface area contributed by atoms with E-state index in [4.69, 9.17) is 9.47 Å². The number of carbonyl (C=O) groups excluding carboxylic acids is 1. The number of amides is 1. The fourth-order valence-electron chi connectivity index (χ4n) is 4.65. The Labute approximate surface area is 161 Å². The zero-order valence-electron chi connectivity index (χ0n) is 16.2. The fourth-order valence-corrected chi connectivity index (χ4v) is 4.65. The van der Waals surface area contributed by atoms with Crippen LogP contribution in [0.2, 0.25) is 0 Å². The Kier molecular flexibility index (Phi) is 5.39. The Hall–Kier alpha value is -1.63. The van der Waals surface area contributed by atoms with Gasteiger partial charge in [-0.3, -0.25) is 4.79 Å². The maximum atomic E-state index is 13.3. The van der Waals surface area contributed by atoms with Crippen LogP contribution in [0.25, 0.3) is 0 Å². The lowest BCUT2D eigenvalue weighted by Crippen LogP contribution is -2.53. The van der Waals surface area contributed by atoms with Gasteiger partial charge in [-0.1, -0.05) is 0 Å². The van der Waals surface area contributed by atoms with Crippen molar-refractivity contribution in [2.24, 2.45) is 0 Å². The fraction of sp³-hybridized carbons (Fsp3) is 0.667. The van der Waals surface area contributed by atoms with Crippen molar-refractivity contribution >= 4 is 5.91 Å². The number of hydrogen-bond acceptors (Lipinski definition) is 5. The van der Waals surface area contributed by atoms with Crippen molar-refractivity contribution in [3.05, 3.63) is 28.8 Å². The van der Waals surface area contributed by atoms with Crippen LogP contribution >= 0.6 is 0 Å². The van der Waals surface area contributed by atoms with Gasteiger partial charge in [0, 0.05) is 13.1 Å². The first-order chi connectivity index (χ1) is 13.1. The Morgan fingerprint density at radius 2 is 1.93 bits per heavy atom. The third kappa shape index (κ3) is 3.98. The molecule has 4 rings (SSSR count). The molecule has 1 amide bonds. The topological polar surface area (TPSA) is 62.2 Å². The molecule has 2 fully saturated rings. The van der Waals surface area contributed by atoms with Crippen molar-refractivity contribution < 1.29 is 19.4 Å². The van der Waals surface area contributed by atoms with Crippen LogP contribution in [0.3, 0.4) is 0 Å². The minimum Gasteiger partial charge on any atom is -0.496 e. The monoisotopic (exact) mass is 374 g/mol. The number of aliphatic hydroxyl groups is 1. The molecule has 1 N–H and O–H groups in total. The lowest BCUT2D eigenvalue weighted by Gasteiger charge is -2.34. The Bertz CT molecular complexity index is 702. The first-order valence-corrected chi connectivity index (χ1v) is 10.1. The SMILES string of the molecule is COc1cc2c(cc1C(=O)N1CCOCC(O)(CN3CCCC3)C1)CCC2. The highest BCUT2D eigenvalue weighted by atomic mass is 16.5. The number of aryl methyl sites for hydroxylation is 2. The van der Waals surface area contributed by atoms with E-state index in [0.717, 1.165) is 32.4 Å². The van der Waals surface area contributed by atoms with Gasteiger partial charge in [0.05, 0.1) is 32.4 Å². The maximum Gasteiger partial charge on any atom is 0.257 e. The zero-order valence-corrected chi connectivity index (χ0v) is 16.2. The zero-order chi connectivity index (χ0) is 18.9. The van der Waals surface area contributed by atoms with Gasteiger partial charge in [-0.15, -0.1) is 0 Å². The average Bonchev–Trinajstić information content (AvgIpc) is 3.29. The predicted molar refractivity (Wildman–Crippen MR) is 102 cm³/mol. The first-order valence-electron chi connectivity index (χ1n) is 10.1. The van der Waals surface area contributed by atoms with E-state index in [1.165, 1.54) is 24.0 Å². The number of fused-ring (bicyclic) bond motifs is 1. The summed E-state index contributed by atoms with van der Waals surface area (Å²) in [4.78, 5) is 17.3. The molecule has 6 heteroatoms. The van der Waals surface area contributed by atoms with E-state index in [9.17, 15) is 9.90 Å². The van der Waals surface area contributed by atoms with Crippen LogP contribution in [0.4, 0.5) is 0 Å². The van der Waals surface area contributed by atoms with Gasteiger partial charge < -0.3 is 24.4 Å². The molecule has 0 aromatic heterocycles. The molecule has 1 aliphatic carbocycles. The molecule has 1 atom stereocenters. The number of β-amino-alcohol motifs (C(OH)–C–C–N with tert-alkyl or cyclic N) is 1. The van der Waals surface area contributed by atoms with Gasteiger partial charge in [0.25, 0.3) is 5.91 Å². The smallest absolute Gasteiger partial charge is 0.257 e. The summed E-state index contributed by atoms with van der Waals surface area (Å²) in [5.41, 5.74) is 2.11. The summed E-state index contributed by atoms with van der Waals surface area (Å²) in [6, 6.07) is 4.01. The molecule has 6 nitrogen and oxygen atoms in total. The van der Waals surface area contributed by atoms with E-state index in [-0.39, 0.29) is 12.5 Å². The number of benzene rings is 1. The van der Waals surface area contributed by atoms with Gasteiger partial charge in [-0.2, -0.15) is 0 Å². The van der Waals surface area contributed by atoms with E-state index >= 15 is 0 Å². The Balaban J connectivity index is 1.55. The van der Waals surface area contributed by atoms with Crippen molar-refractivity contribution in [2.45, 2.75) is 37.7 Å². The number of likely N-dealkylation sites (tertiary alicyclic amines) is 1. The van der Waals surface area contributed by atoms with Gasteiger partial charge >= 0.3 is 0 Å². The van der Waals surface area contributed by atoms with E-state index in [0.29, 0.717) is 37.6 Å². The molecule has 27 heavy (non-hydrogen) atoms. The van der Waals surface area contributed by atoms with Crippen molar-refractivity contribution in [3.8, 4) is 5.75 Å². The van der Waals surface area contributed by atoms with Crippen molar-refractivity contribution in [3.63, 3.8) is 0 Å². The van der Waals surface area contributed by atoms with Crippen LogP contribution in [-0.4, -0.2) is 79.5 Å². The van der Waals surface area contributed by atoms with Crippen LogP contribution in [0.1, 0.15) is 40.7 Å². The summed E-state index contributed by atoms with van der Waals surface area (Å²) in [6.45, 7) is 4.07. The molecule has 2 saturated heterocycles. The highest BCUT2D eigenvalue weighted by Crippen LogP contribution is 2.31. The molecule has 0 saturated carbocycles. The second-order valence-corrected chi connectivity index (χ2v) is 8.16. The second kappa shape index (κ2) is 7.78.